The number of fused-ring (bicyclic) bond motifs is 2. The Kier molecular flexibility index (Phi) is 8.16. The van der Waals surface area contributed by atoms with Gasteiger partial charge in [-0.15, -0.1) is 4.90 Å². The van der Waals surface area contributed by atoms with Crippen LogP contribution < -0.4 is 14.8 Å². The van der Waals surface area contributed by atoms with Crippen LogP contribution in [0.1, 0.15) is 13.8 Å². The van der Waals surface area contributed by atoms with E-state index in [0.29, 0.717) is 4.47 Å². The number of rotatable bonds is 6. The molecule has 3 aromatic rings. The molecule has 2 saturated heterocycles. The van der Waals surface area contributed by atoms with Crippen molar-refractivity contribution < 1.29 is 69.7 Å². The predicted molar refractivity (Wildman–Crippen MR) is 142 cm³/mol. The van der Waals surface area contributed by atoms with Crippen LogP contribution in [0.5, 0.6) is 11.5 Å². The zero-order valence-electron chi connectivity index (χ0n) is 22.5. The first kappa shape index (κ1) is 33.0. The van der Waals surface area contributed by atoms with Crippen LogP contribution in [0.2, 0.25) is 0 Å². The van der Waals surface area contributed by atoms with Gasteiger partial charge in [0.15, 0.2) is 11.5 Å². The maximum absolute atomic E-state index is 14.4. The molecule has 17 nitrogen and oxygen atoms in total. The Morgan fingerprint density at radius 2 is 1.58 bits per heavy atom. The van der Waals surface area contributed by atoms with Gasteiger partial charge >= 0.3 is 12.0 Å². The van der Waals surface area contributed by atoms with Crippen molar-refractivity contribution in [3.8, 4) is 11.5 Å². The number of nitrogens with one attached hydrogen (secondary N) is 1. The highest BCUT2D eigenvalue weighted by Crippen LogP contribution is 2.59. The van der Waals surface area contributed by atoms with Crippen molar-refractivity contribution in [3.63, 3.8) is 0 Å². The molecular weight excluding hydrogens is 651 g/mol. The van der Waals surface area contributed by atoms with E-state index in [1.165, 1.54) is 25.3 Å². The fourth-order valence-corrected chi connectivity index (χ4v) is 4.90. The fourth-order valence-electron chi connectivity index (χ4n) is 4.57. The number of benzene rings is 2. The van der Waals surface area contributed by atoms with Crippen LogP contribution in [0.15, 0.2) is 41.1 Å². The summed E-state index contributed by atoms with van der Waals surface area (Å²) in [5, 5.41) is 107. The van der Waals surface area contributed by atoms with Gasteiger partial charge in [-0.1, -0.05) is 29.8 Å². The minimum atomic E-state index is -4.49. The first-order chi connectivity index (χ1) is 19.8. The summed E-state index contributed by atoms with van der Waals surface area (Å²) in [4.78, 5) is 7.31. The maximum Gasteiger partial charge on any atom is 0.360 e. The van der Waals surface area contributed by atoms with Crippen LogP contribution in [0.25, 0.3) is 10.9 Å². The number of aliphatic hydroxyl groups is 10. The summed E-state index contributed by atoms with van der Waals surface area (Å²) in [6.07, 6.45) is -2.76. The van der Waals surface area contributed by atoms with E-state index in [1.54, 1.807) is 6.07 Å². The van der Waals surface area contributed by atoms with Crippen LogP contribution in [0.3, 0.4) is 0 Å². The second-order valence-electron chi connectivity index (χ2n) is 9.24. The number of aromatic nitrogens is 2. The number of piperidine rings is 1. The van der Waals surface area contributed by atoms with E-state index in [0.717, 1.165) is 12.4 Å². The molecule has 0 spiro atoms. The van der Waals surface area contributed by atoms with Gasteiger partial charge in [0.25, 0.3) is 17.5 Å². The molecule has 2 unspecified atom stereocenters. The molecule has 2 aliphatic heterocycles. The van der Waals surface area contributed by atoms with Crippen LogP contribution in [-0.2, 0) is 4.74 Å². The minimum Gasteiger partial charge on any atom is -0.493 e. The molecule has 0 amide bonds. The van der Waals surface area contributed by atoms with Crippen molar-refractivity contribution >= 4 is 38.3 Å². The third-order valence-corrected chi connectivity index (χ3v) is 7.30. The standard InChI is InChI=1S/C22H22BrFN4O13.C2H6/c1-39-14-5-10-13(25-8-26-16(10)27-12-3-2-9(23)4-11(12)24)6-15(14)40-7-17(29)18(30,31)20(34,35)28-21(36,19(17,32)33)41-22(28,37)38;1-2/h2-6,8,29-38H,7H2,1H3,(H,25,26,27);1-2H3. The quantitative estimate of drug-likeness (QED) is 0.126. The average molecular weight is 679 g/mol. The lowest BCUT2D eigenvalue weighted by Crippen LogP contribution is -3.02. The van der Waals surface area contributed by atoms with Gasteiger partial charge in [-0.3, -0.25) is 4.74 Å². The molecular formula is C24H28BrFN4O13. The number of hydrogen-bond acceptors (Lipinski definition) is 17. The van der Waals surface area contributed by atoms with Gasteiger partial charge in [0.05, 0.1) is 18.3 Å². The molecule has 236 valence electrons. The summed E-state index contributed by atoms with van der Waals surface area (Å²) >= 11 is 3.16. The molecule has 5 rings (SSSR count). The minimum absolute atomic E-state index is 0.0629. The Labute approximate surface area is 249 Å². The Balaban J connectivity index is 0.00000207. The second-order valence-corrected chi connectivity index (χ2v) is 10.2. The normalized spacial score (nSPS) is 26.4. The topological polar surface area (TPSA) is 271 Å². The van der Waals surface area contributed by atoms with Crippen molar-refractivity contribution in [3.05, 3.63) is 46.9 Å². The van der Waals surface area contributed by atoms with E-state index in [-0.39, 0.29) is 33.9 Å². The van der Waals surface area contributed by atoms with Crippen molar-refractivity contribution in [2.24, 2.45) is 0 Å². The molecule has 0 radical (unpaired) electrons. The Morgan fingerprint density at radius 3 is 2.16 bits per heavy atom. The highest BCUT2D eigenvalue weighted by molar-refractivity contribution is 9.10. The Hall–Kier alpha value is -2.89. The van der Waals surface area contributed by atoms with Crippen LogP contribution in [-0.4, -0.2) is 115 Å². The smallest absolute Gasteiger partial charge is 0.360 e. The van der Waals surface area contributed by atoms with E-state index in [1.807, 2.05) is 13.8 Å². The molecule has 1 aromatic heterocycles. The average Bonchev–Trinajstić information content (AvgIpc) is 2.92. The molecule has 43 heavy (non-hydrogen) atoms. The number of ether oxygens (including phenoxy) is 3. The number of halogens is 2. The molecule has 0 saturated carbocycles. The van der Waals surface area contributed by atoms with Crippen molar-refractivity contribution in [1.82, 2.24) is 14.9 Å². The first-order valence-corrected chi connectivity index (χ1v) is 13.1. The largest absolute Gasteiger partial charge is 0.493 e. The SMILES string of the molecule is CC.COc1cc2c(Nc3ccc(Br)cc3F)ncnc2cc1OCC1(O)C(O)(O)C(O)(O)N2C(O)(O)OC2(O)C1(O)O. The molecule has 3 heterocycles. The Morgan fingerprint density at radius 1 is 0.930 bits per heavy atom. The van der Waals surface area contributed by atoms with Gasteiger partial charge in [0, 0.05) is 15.9 Å². The molecule has 2 aliphatic rings. The highest BCUT2D eigenvalue weighted by atomic mass is 79.9. The van der Waals surface area contributed by atoms with Crippen molar-refractivity contribution in [1.29, 1.82) is 0 Å². The van der Waals surface area contributed by atoms with E-state index in [4.69, 9.17) is 9.47 Å². The molecule has 0 aliphatic carbocycles. The van der Waals surface area contributed by atoms with E-state index < -0.39 is 52.4 Å². The monoisotopic (exact) mass is 678 g/mol. The summed E-state index contributed by atoms with van der Waals surface area (Å²) in [5.41, 5.74) is -3.89. The molecule has 11 N–H and O–H groups in total. The van der Waals surface area contributed by atoms with Gasteiger partial charge in [-0.25, -0.2) is 14.4 Å². The van der Waals surface area contributed by atoms with Crippen LogP contribution in [0.4, 0.5) is 15.9 Å². The molecule has 2 aromatic carbocycles. The summed E-state index contributed by atoms with van der Waals surface area (Å²) in [6, 6.07) is 6.71. The van der Waals surface area contributed by atoms with E-state index in [9.17, 15) is 55.5 Å². The zero-order valence-corrected chi connectivity index (χ0v) is 24.1. The van der Waals surface area contributed by atoms with Crippen molar-refractivity contribution in [2.75, 3.05) is 19.0 Å². The summed E-state index contributed by atoms with van der Waals surface area (Å²) in [7, 11) is 1.18. The molecule has 19 heteroatoms. The third kappa shape index (κ3) is 4.61. The summed E-state index contributed by atoms with van der Waals surface area (Å²) in [6.45, 7) is 2.35. The number of hydrogen-bond donors (Lipinski definition) is 11. The predicted octanol–water partition coefficient (Wildman–Crippen LogP) is -1.99. The second kappa shape index (κ2) is 10.6. The lowest BCUT2D eigenvalue weighted by Gasteiger charge is -2.70. The van der Waals surface area contributed by atoms with Gasteiger partial charge in [-0.2, -0.15) is 0 Å². The summed E-state index contributed by atoms with van der Waals surface area (Å²) < 4.78 is 29.6. The molecule has 0 bridgehead atoms. The number of anilines is 2. The van der Waals surface area contributed by atoms with Crippen LogP contribution >= 0.6 is 15.9 Å². The summed E-state index contributed by atoms with van der Waals surface area (Å²) in [5.74, 6) is -18.1. The zero-order chi connectivity index (χ0) is 32.4. The van der Waals surface area contributed by atoms with Gasteiger partial charge < -0.3 is 65.9 Å². The van der Waals surface area contributed by atoms with Gasteiger partial charge in [-0.05, 0) is 24.3 Å². The van der Waals surface area contributed by atoms with Crippen LogP contribution in [0, 0.1) is 5.82 Å². The lowest BCUT2D eigenvalue weighted by molar-refractivity contribution is -0.736. The van der Waals surface area contributed by atoms with Gasteiger partial charge in [0.2, 0.25) is 5.60 Å². The lowest BCUT2D eigenvalue weighted by atomic mass is 9.74. The van der Waals surface area contributed by atoms with E-state index >= 15 is 0 Å². The first-order valence-electron chi connectivity index (χ1n) is 12.3. The Bertz CT molecular complexity index is 1520. The molecule has 2 fully saturated rings. The molecule has 2 atom stereocenters. The van der Waals surface area contributed by atoms with E-state index in [2.05, 4.69) is 36.0 Å². The fraction of sp³-hybridized carbons (Fsp3) is 0.417. The maximum atomic E-state index is 14.4. The number of methoxy groups -OCH3 is 1. The highest BCUT2D eigenvalue weighted by Gasteiger charge is 2.93. The van der Waals surface area contributed by atoms with Gasteiger partial charge in [0.1, 0.15) is 24.6 Å². The van der Waals surface area contributed by atoms with Crippen molar-refractivity contribution in [2.45, 2.75) is 48.9 Å². The number of nitrogens with zero attached hydrogens (tertiary/aromatic N) is 3. The third-order valence-electron chi connectivity index (χ3n) is 6.80.